The number of carbonyl (C=O) groups is 3. The number of hydrogen-bond acceptors (Lipinski definition) is 4. The van der Waals surface area contributed by atoms with E-state index in [9.17, 15) is 14.4 Å². The van der Waals surface area contributed by atoms with E-state index in [2.05, 4.69) is 10.6 Å². The first-order valence-electron chi connectivity index (χ1n) is 10.2. The Morgan fingerprint density at radius 1 is 0.871 bits per heavy atom. The van der Waals surface area contributed by atoms with Crippen molar-refractivity contribution in [2.45, 2.75) is 32.4 Å². The molecule has 160 valence electrons. The maximum absolute atomic E-state index is 12.3. The van der Waals surface area contributed by atoms with Crippen molar-refractivity contribution in [3.63, 3.8) is 0 Å². The second kappa shape index (κ2) is 10.4. The van der Waals surface area contributed by atoms with Crippen molar-refractivity contribution in [1.82, 2.24) is 10.6 Å². The van der Waals surface area contributed by atoms with Crippen molar-refractivity contribution in [3.05, 3.63) is 83.9 Å². The molecule has 0 spiro atoms. The number of hydrogen-bond donors (Lipinski definition) is 2. The van der Waals surface area contributed by atoms with Crippen LogP contribution in [0.15, 0.2) is 72.8 Å². The molecule has 2 atom stereocenters. The fraction of sp³-hybridized carbons (Fsp3) is 0.240. The number of amides is 2. The maximum Gasteiger partial charge on any atom is 0.308 e. The summed E-state index contributed by atoms with van der Waals surface area (Å²) in [5.41, 5.74) is 1.79. The summed E-state index contributed by atoms with van der Waals surface area (Å²) in [7, 11) is 0. The molecule has 0 aromatic heterocycles. The highest BCUT2D eigenvalue weighted by atomic mass is 16.5. The smallest absolute Gasteiger partial charge is 0.308 e. The van der Waals surface area contributed by atoms with Crippen molar-refractivity contribution < 1.29 is 19.1 Å². The molecule has 0 fully saturated rings. The molecule has 3 rings (SSSR count). The van der Waals surface area contributed by atoms with Gasteiger partial charge < -0.3 is 15.4 Å². The Bertz CT molecular complexity index is 1060. The predicted molar refractivity (Wildman–Crippen MR) is 119 cm³/mol. The largest absolute Gasteiger partial charge is 0.456 e. The van der Waals surface area contributed by atoms with Gasteiger partial charge in [-0.1, -0.05) is 72.8 Å². The van der Waals surface area contributed by atoms with Crippen LogP contribution in [0.4, 0.5) is 0 Å². The van der Waals surface area contributed by atoms with Crippen LogP contribution in [0.25, 0.3) is 10.8 Å². The van der Waals surface area contributed by atoms with E-state index >= 15 is 0 Å². The number of ether oxygens (including phenoxy) is 1. The lowest BCUT2D eigenvalue weighted by molar-refractivity contribution is -0.149. The van der Waals surface area contributed by atoms with E-state index in [4.69, 9.17) is 4.74 Å². The second-order valence-electron chi connectivity index (χ2n) is 7.39. The van der Waals surface area contributed by atoms with Gasteiger partial charge in [0.05, 0.1) is 18.5 Å². The van der Waals surface area contributed by atoms with Gasteiger partial charge in [0.1, 0.15) is 0 Å². The zero-order valence-corrected chi connectivity index (χ0v) is 17.6. The van der Waals surface area contributed by atoms with Gasteiger partial charge in [-0.05, 0) is 28.8 Å². The van der Waals surface area contributed by atoms with E-state index in [0.717, 1.165) is 21.9 Å². The van der Waals surface area contributed by atoms with Crippen LogP contribution < -0.4 is 10.6 Å². The number of carbonyl (C=O) groups excluding carboxylic acids is 3. The molecule has 3 aromatic carbocycles. The van der Waals surface area contributed by atoms with Gasteiger partial charge >= 0.3 is 5.97 Å². The topological polar surface area (TPSA) is 84.5 Å². The molecule has 2 N–H and O–H groups in total. The quantitative estimate of drug-likeness (QED) is 0.545. The number of benzene rings is 3. The molecular formula is C25H26N2O4. The Morgan fingerprint density at radius 2 is 1.55 bits per heavy atom. The molecule has 3 aromatic rings. The fourth-order valence-corrected chi connectivity index (χ4v) is 3.54. The van der Waals surface area contributed by atoms with Crippen molar-refractivity contribution >= 4 is 28.6 Å². The molecule has 2 amide bonds. The Balaban J connectivity index is 1.55. The Labute approximate surface area is 181 Å². The SMILES string of the molecule is CC(=O)N[C@H](CC(=O)OCC(=O)N[C@@H](C)c1cccc2ccccc12)c1ccccc1. The first kappa shape index (κ1) is 22.0. The zero-order valence-electron chi connectivity index (χ0n) is 17.6. The molecule has 0 saturated carbocycles. The van der Waals surface area contributed by atoms with Crippen LogP contribution in [0.5, 0.6) is 0 Å². The highest BCUT2D eigenvalue weighted by Crippen LogP contribution is 2.24. The monoisotopic (exact) mass is 418 g/mol. The van der Waals surface area contributed by atoms with E-state index in [1.165, 1.54) is 6.92 Å². The third-order valence-electron chi connectivity index (χ3n) is 4.98. The minimum absolute atomic E-state index is 0.0598. The summed E-state index contributed by atoms with van der Waals surface area (Å²) in [6.45, 7) is 2.91. The highest BCUT2D eigenvalue weighted by Gasteiger charge is 2.19. The van der Waals surface area contributed by atoms with Gasteiger partial charge in [-0.3, -0.25) is 14.4 Å². The Morgan fingerprint density at radius 3 is 2.29 bits per heavy atom. The number of nitrogens with one attached hydrogen (secondary N) is 2. The summed E-state index contributed by atoms with van der Waals surface area (Å²) in [6.07, 6.45) is -0.0598. The summed E-state index contributed by atoms with van der Waals surface area (Å²) in [5.74, 6) is -1.19. The fourth-order valence-electron chi connectivity index (χ4n) is 3.54. The lowest BCUT2D eigenvalue weighted by atomic mass is 10.00. The number of rotatable bonds is 8. The molecule has 0 bridgehead atoms. The van der Waals surface area contributed by atoms with E-state index in [0.29, 0.717) is 0 Å². The molecule has 0 radical (unpaired) electrons. The van der Waals surface area contributed by atoms with E-state index in [-0.39, 0.29) is 30.9 Å². The molecule has 6 heteroatoms. The molecule has 0 aliphatic carbocycles. The molecular weight excluding hydrogens is 392 g/mol. The van der Waals surface area contributed by atoms with E-state index in [1.807, 2.05) is 79.7 Å². The average molecular weight is 418 g/mol. The highest BCUT2D eigenvalue weighted by molar-refractivity contribution is 5.87. The van der Waals surface area contributed by atoms with Gasteiger partial charge in [-0.2, -0.15) is 0 Å². The van der Waals surface area contributed by atoms with Gasteiger partial charge in [0.15, 0.2) is 6.61 Å². The van der Waals surface area contributed by atoms with Crippen LogP contribution in [0.3, 0.4) is 0 Å². The van der Waals surface area contributed by atoms with E-state index < -0.39 is 12.0 Å². The van der Waals surface area contributed by atoms with Crippen LogP contribution in [0.1, 0.15) is 43.5 Å². The van der Waals surface area contributed by atoms with Crippen LogP contribution in [-0.4, -0.2) is 24.4 Å². The standard InChI is InChI=1S/C25H26N2O4/c1-17(21-14-8-12-19-9-6-7-13-22(19)21)26-24(29)16-31-25(30)15-23(27-18(2)28)20-10-4-3-5-11-20/h3-14,17,23H,15-16H2,1-2H3,(H,26,29)(H,27,28)/t17-,23+/m0/s1. The number of fused-ring (bicyclic) bond motifs is 1. The maximum atomic E-state index is 12.3. The van der Waals surface area contributed by atoms with Crippen molar-refractivity contribution in [1.29, 1.82) is 0 Å². The molecule has 0 unspecified atom stereocenters. The second-order valence-corrected chi connectivity index (χ2v) is 7.39. The normalized spacial score (nSPS) is 12.6. The Kier molecular flexibility index (Phi) is 7.38. The molecule has 0 saturated heterocycles. The molecule has 31 heavy (non-hydrogen) atoms. The summed E-state index contributed by atoms with van der Waals surface area (Å²) in [4.78, 5) is 36.1. The van der Waals surface area contributed by atoms with Crippen molar-refractivity contribution in [2.75, 3.05) is 6.61 Å². The average Bonchev–Trinajstić information content (AvgIpc) is 2.77. The van der Waals surface area contributed by atoms with Gasteiger partial charge in [-0.25, -0.2) is 0 Å². The zero-order chi connectivity index (χ0) is 22.2. The third kappa shape index (κ3) is 6.15. The summed E-state index contributed by atoms with van der Waals surface area (Å²) >= 11 is 0. The van der Waals surface area contributed by atoms with Gasteiger partial charge in [0.2, 0.25) is 5.91 Å². The predicted octanol–water partition coefficient (Wildman–Crippen LogP) is 3.83. The number of esters is 1. The molecule has 0 aliphatic rings. The van der Waals surface area contributed by atoms with Gasteiger partial charge in [-0.15, -0.1) is 0 Å². The van der Waals surface area contributed by atoms with Crippen molar-refractivity contribution in [2.24, 2.45) is 0 Å². The molecule has 6 nitrogen and oxygen atoms in total. The third-order valence-corrected chi connectivity index (χ3v) is 4.98. The van der Waals surface area contributed by atoms with Crippen molar-refractivity contribution in [3.8, 4) is 0 Å². The summed E-state index contributed by atoms with van der Waals surface area (Å²) in [5, 5.41) is 7.78. The lowest BCUT2D eigenvalue weighted by Crippen LogP contribution is -2.32. The van der Waals surface area contributed by atoms with Gasteiger partial charge in [0, 0.05) is 6.92 Å². The molecule has 0 heterocycles. The Hall–Kier alpha value is -3.67. The van der Waals surface area contributed by atoms with Crippen LogP contribution >= 0.6 is 0 Å². The van der Waals surface area contributed by atoms with Crippen LogP contribution in [0, 0.1) is 0 Å². The minimum Gasteiger partial charge on any atom is -0.456 e. The summed E-state index contributed by atoms with van der Waals surface area (Å²) < 4.78 is 5.16. The van der Waals surface area contributed by atoms with Gasteiger partial charge in [0.25, 0.3) is 5.91 Å². The summed E-state index contributed by atoms with van der Waals surface area (Å²) in [6, 6.07) is 22.3. The van der Waals surface area contributed by atoms with Crippen LogP contribution in [0.2, 0.25) is 0 Å². The molecule has 0 aliphatic heterocycles. The van der Waals surface area contributed by atoms with Crippen LogP contribution in [-0.2, 0) is 19.1 Å². The lowest BCUT2D eigenvalue weighted by Gasteiger charge is -2.18. The van der Waals surface area contributed by atoms with E-state index in [1.54, 1.807) is 0 Å². The first-order chi connectivity index (χ1) is 14.9. The minimum atomic E-state index is -0.560. The first-order valence-corrected chi connectivity index (χ1v) is 10.2.